The largest absolute Gasteiger partial charge is 0.0912 e. The predicted molar refractivity (Wildman–Crippen MR) is 83.8 cm³/mol. The van der Waals surface area contributed by atoms with E-state index in [1.807, 2.05) is 0 Å². The van der Waals surface area contributed by atoms with Gasteiger partial charge in [0, 0.05) is 16.1 Å². The van der Waals surface area contributed by atoms with E-state index in [9.17, 15) is 0 Å². The van der Waals surface area contributed by atoms with Crippen molar-refractivity contribution in [1.29, 1.82) is 0 Å². The van der Waals surface area contributed by atoms with Crippen molar-refractivity contribution < 1.29 is 0 Å². The summed E-state index contributed by atoms with van der Waals surface area (Å²) in [6.07, 6.45) is 11.9. The van der Waals surface area contributed by atoms with E-state index >= 15 is 0 Å². The third kappa shape index (κ3) is 13.9. The molecule has 0 aliphatic carbocycles. The fourth-order valence-electron chi connectivity index (χ4n) is 1.30. The van der Waals surface area contributed by atoms with Crippen molar-refractivity contribution in [1.82, 2.24) is 0 Å². The molecule has 0 saturated carbocycles. The summed E-state index contributed by atoms with van der Waals surface area (Å²) < 4.78 is 0. The smallest absolute Gasteiger partial charge is 0.0480 e. The van der Waals surface area contributed by atoms with Crippen LogP contribution in [-0.2, 0) is 0 Å². The van der Waals surface area contributed by atoms with E-state index in [4.69, 9.17) is 0 Å². The molecule has 0 bridgehead atoms. The molecule has 94 valence electrons. The Kier molecular flexibility index (Phi) is 7.24. The Balaban J connectivity index is 3.54. The molecule has 2 heteroatoms. The van der Waals surface area contributed by atoms with Gasteiger partial charge >= 0.3 is 0 Å². The topological polar surface area (TPSA) is 0 Å². The Bertz CT molecular complexity index is 200. The van der Waals surface area contributed by atoms with E-state index in [2.05, 4.69) is 63.6 Å². The van der Waals surface area contributed by atoms with Crippen molar-refractivity contribution in [2.45, 2.75) is 64.2 Å². The van der Waals surface area contributed by atoms with Crippen LogP contribution in [0.2, 0.25) is 51.4 Å². The second-order valence-electron chi connectivity index (χ2n) is 7.05. The molecule has 0 saturated heterocycles. The molecule has 0 fully saturated rings. The molecular formula is C14H30Si2. The highest BCUT2D eigenvalue weighted by molar-refractivity contribution is 6.76. The molecule has 0 unspecified atom stereocenters. The highest BCUT2D eigenvalue weighted by atomic mass is 28.3. The van der Waals surface area contributed by atoms with Gasteiger partial charge in [0.05, 0.1) is 0 Å². The van der Waals surface area contributed by atoms with E-state index in [-0.39, 0.29) is 0 Å². The Morgan fingerprint density at radius 1 is 0.562 bits per heavy atom. The summed E-state index contributed by atoms with van der Waals surface area (Å²) in [4.78, 5) is 0. The fourth-order valence-corrected chi connectivity index (χ4v) is 3.05. The van der Waals surface area contributed by atoms with Gasteiger partial charge in [0.15, 0.2) is 0 Å². The van der Waals surface area contributed by atoms with Crippen molar-refractivity contribution in [3.8, 4) is 0 Å². The molecule has 0 heterocycles. The van der Waals surface area contributed by atoms with Crippen molar-refractivity contribution in [2.75, 3.05) is 0 Å². The maximum absolute atomic E-state index is 2.42. The Labute approximate surface area is 105 Å². The average molecular weight is 255 g/mol. The molecule has 0 atom stereocenters. The van der Waals surface area contributed by atoms with Crippen LogP contribution in [0.15, 0.2) is 24.3 Å². The van der Waals surface area contributed by atoms with E-state index < -0.39 is 16.1 Å². The van der Waals surface area contributed by atoms with Crippen LogP contribution in [0.4, 0.5) is 0 Å². The number of unbranched alkanes of at least 4 members (excludes halogenated alkanes) is 1. The summed E-state index contributed by atoms with van der Waals surface area (Å²) in [7, 11) is -1.71. The zero-order chi connectivity index (χ0) is 12.7. The number of hydrogen-bond donors (Lipinski definition) is 0. The van der Waals surface area contributed by atoms with Crippen LogP contribution in [0.1, 0.15) is 12.8 Å². The highest BCUT2D eigenvalue weighted by Crippen LogP contribution is 2.10. The van der Waals surface area contributed by atoms with E-state index in [1.54, 1.807) is 0 Å². The van der Waals surface area contributed by atoms with E-state index in [1.165, 1.54) is 24.9 Å². The summed E-state index contributed by atoms with van der Waals surface area (Å²) in [5.41, 5.74) is 0. The lowest BCUT2D eigenvalue weighted by Crippen LogP contribution is -2.17. The minimum absolute atomic E-state index is 0.857. The summed E-state index contributed by atoms with van der Waals surface area (Å²) in [5.74, 6) is 0. The predicted octanol–water partition coefficient (Wildman–Crippen LogP) is 5.56. The molecule has 0 amide bonds. The van der Waals surface area contributed by atoms with Crippen molar-refractivity contribution in [3.63, 3.8) is 0 Å². The van der Waals surface area contributed by atoms with Crippen molar-refractivity contribution >= 4 is 16.1 Å². The van der Waals surface area contributed by atoms with Gasteiger partial charge in [-0.25, -0.2) is 0 Å². The van der Waals surface area contributed by atoms with Crippen molar-refractivity contribution in [3.05, 3.63) is 24.3 Å². The van der Waals surface area contributed by atoms with E-state index in [0.29, 0.717) is 0 Å². The molecular weight excluding hydrogens is 224 g/mol. The van der Waals surface area contributed by atoms with Crippen LogP contribution in [-0.4, -0.2) is 16.1 Å². The van der Waals surface area contributed by atoms with Gasteiger partial charge < -0.3 is 0 Å². The molecule has 0 N–H and O–H groups in total. The first-order chi connectivity index (χ1) is 7.21. The standard InChI is InChI=1S/C14H30Si2/c1-15(2,3)13-11-9-7-8-10-12-14-16(4,5)6/h9-12H,7-8,13-14H2,1-6H3/b11-9+,12-10+. The summed E-state index contributed by atoms with van der Waals surface area (Å²) in [6.45, 7) is 14.5. The third-order valence-corrected chi connectivity index (χ3v) is 5.21. The molecule has 0 radical (unpaired) electrons. The highest BCUT2D eigenvalue weighted by Gasteiger charge is 2.09. The molecule has 0 aromatic rings. The maximum atomic E-state index is 2.42. The number of allylic oxidation sites excluding steroid dienone is 4. The van der Waals surface area contributed by atoms with Gasteiger partial charge in [0.2, 0.25) is 0 Å². The second kappa shape index (κ2) is 7.28. The van der Waals surface area contributed by atoms with Crippen molar-refractivity contribution in [2.24, 2.45) is 0 Å². The zero-order valence-corrected chi connectivity index (χ0v) is 14.1. The fraction of sp³-hybridized carbons (Fsp3) is 0.714. The summed E-state index contributed by atoms with van der Waals surface area (Å²) in [5, 5.41) is 0. The van der Waals surface area contributed by atoms with Crippen LogP contribution in [0.5, 0.6) is 0 Å². The van der Waals surface area contributed by atoms with Gasteiger partial charge in [-0.15, -0.1) is 0 Å². The van der Waals surface area contributed by atoms with Crippen LogP contribution in [0.3, 0.4) is 0 Å². The van der Waals surface area contributed by atoms with Crippen LogP contribution in [0, 0.1) is 0 Å². The molecule has 0 aromatic heterocycles. The van der Waals surface area contributed by atoms with Gasteiger partial charge in [-0.1, -0.05) is 63.6 Å². The molecule has 0 nitrogen and oxygen atoms in total. The lowest BCUT2D eigenvalue weighted by atomic mass is 10.3. The lowest BCUT2D eigenvalue weighted by Gasteiger charge is -2.11. The van der Waals surface area contributed by atoms with Crippen LogP contribution in [0.25, 0.3) is 0 Å². The zero-order valence-electron chi connectivity index (χ0n) is 12.1. The molecule has 0 aliphatic heterocycles. The van der Waals surface area contributed by atoms with E-state index in [0.717, 1.165) is 0 Å². The van der Waals surface area contributed by atoms with Gasteiger partial charge in [0.1, 0.15) is 0 Å². The number of rotatable bonds is 7. The Morgan fingerprint density at radius 3 is 1.12 bits per heavy atom. The summed E-state index contributed by atoms with van der Waals surface area (Å²) in [6, 6.07) is 2.65. The molecule has 16 heavy (non-hydrogen) atoms. The normalized spacial score (nSPS) is 14.1. The SMILES string of the molecule is C[Si](C)(C)C/C=C/CC/C=C/C[Si](C)(C)C. The number of hydrogen-bond acceptors (Lipinski definition) is 0. The molecule has 0 rings (SSSR count). The Hall–Kier alpha value is -0.0862. The molecule has 0 aliphatic rings. The second-order valence-corrected chi connectivity index (χ2v) is 18.1. The lowest BCUT2D eigenvalue weighted by molar-refractivity contribution is 1.04. The quantitative estimate of drug-likeness (QED) is 0.317. The first kappa shape index (κ1) is 15.9. The minimum atomic E-state index is -0.857. The minimum Gasteiger partial charge on any atom is -0.0912 e. The maximum Gasteiger partial charge on any atom is 0.0480 e. The monoisotopic (exact) mass is 254 g/mol. The summed E-state index contributed by atoms with van der Waals surface area (Å²) >= 11 is 0. The van der Waals surface area contributed by atoms with Crippen LogP contribution < -0.4 is 0 Å². The van der Waals surface area contributed by atoms with Gasteiger partial charge in [0.25, 0.3) is 0 Å². The third-order valence-electron chi connectivity index (χ3n) is 2.29. The first-order valence-electron chi connectivity index (χ1n) is 6.51. The first-order valence-corrected chi connectivity index (χ1v) is 13.9. The van der Waals surface area contributed by atoms with Gasteiger partial charge in [-0.2, -0.15) is 0 Å². The van der Waals surface area contributed by atoms with Crippen LogP contribution >= 0.6 is 0 Å². The average Bonchev–Trinajstić information content (AvgIpc) is 2.06. The Morgan fingerprint density at radius 2 is 0.875 bits per heavy atom. The van der Waals surface area contributed by atoms with Gasteiger partial charge in [-0.3, -0.25) is 0 Å². The molecule has 0 spiro atoms. The van der Waals surface area contributed by atoms with Gasteiger partial charge in [-0.05, 0) is 24.9 Å². The molecule has 0 aromatic carbocycles.